The normalized spacial score (nSPS) is 11.7. The first-order chi connectivity index (χ1) is 10.3. The average molecular weight is 311 g/mol. The Labute approximate surface area is 133 Å². The van der Waals surface area contributed by atoms with Gasteiger partial charge in [-0.1, -0.05) is 6.92 Å². The molecule has 0 spiro atoms. The molecule has 0 aliphatic rings. The van der Waals surface area contributed by atoms with Crippen LogP contribution in [-0.2, 0) is 17.7 Å². The maximum absolute atomic E-state index is 5.33. The molecule has 1 heterocycles. The second kappa shape index (κ2) is 11.6. The highest BCUT2D eigenvalue weighted by molar-refractivity contribution is 7.11. The van der Waals surface area contributed by atoms with E-state index >= 15 is 0 Å². The van der Waals surface area contributed by atoms with E-state index < -0.39 is 0 Å². The molecule has 1 rings (SSSR count). The van der Waals surface area contributed by atoms with Crippen LogP contribution in [0.4, 0.5) is 0 Å². The molecule has 0 aromatic carbocycles. The lowest BCUT2D eigenvalue weighted by Crippen LogP contribution is -2.37. The van der Waals surface area contributed by atoms with Crippen molar-refractivity contribution in [1.29, 1.82) is 0 Å². The third-order valence-corrected chi connectivity index (χ3v) is 4.23. The van der Waals surface area contributed by atoms with E-state index in [-0.39, 0.29) is 0 Å². The highest BCUT2D eigenvalue weighted by atomic mass is 32.1. The molecule has 1 aromatic heterocycles. The molecule has 21 heavy (non-hydrogen) atoms. The van der Waals surface area contributed by atoms with Crippen LogP contribution >= 0.6 is 11.3 Å². The number of guanidine groups is 1. The molecule has 0 saturated heterocycles. The molecule has 120 valence electrons. The zero-order chi connectivity index (χ0) is 15.3. The maximum Gasteiger partial charge on any atom is 0.191 e. The van der Waals surface area contributed by atoms with Gasteiger partial charge in [-0.2, -0.15) is 0 Å². The molecular formula is C16H29N3OS. The zero-order valence-corrected chi connectivity index (χ0v) is 14.4. The third-order valence-electron chi connectivity index (χ3n) is 3.02. The van der Waals surface area contributed by atoms with Gasteiger partial charge < -0.3 is 15.4 Å². The Morgan fingerprint density at radius 1 is 1.14 bits per heavy atom. The maximum atomic E-state index is 5.33. The Kier molecular flexibility index (Phi) is 9.91. The summed E-state index contributed by atoms with van der Waals surface area (Å²) in [5.41, 5.74) is 0. The van der Waals surface area contributed by atoms with Gasteiger partial charge in [-0.25, -0.2) is 4.99 Å². The summed E-state index contributed by atoms with van der Waals surface area (Å²) in [7, 11) is 0. The number of unbranched alkanes of at least 4 members (excludes halogenated alkanes) is 1. The Morgan fingerprint density at radius 2 is 1.95 bits per heavy atom. The molecule has 4 nitrogen and oxygen atoms in total. The average Bonchev–Trinajstić information content (AvgIpc) is 2.96. The molecule has 0 bridgehead atoms. The molecule has 2 N–H and O–H groups in total. The first-order valence-corrected chi connectivity index (χ1v) is 8.79. The van der Waals surface area contributed by atoms with Gasteiger partial charge in [0.2, 0.25) is 0 Å². The molecule has 0 radical (unpaired) electrons. The molecule has 0 fully saturated rings. The van der Waals surface area contributed by atoms with E-state index in [2.05, 4.69) is 41.6 Å². The summed E-state index contributed by atoms with van der Waals surface area (Å²) in [6.45, 7) is 10.5. The predicted octanol–water partition coefficient (Wildman–Crippen LogP) is 3.18. The van der Waals surface area contributed by atoms with Crippen molar-refractivity contribution in [2.75, 3.05) is 26.3 Å². The summed E-state index contributed by atoms with van der Waals surface area (Å²) >= 11 is 1.85. The van der Waals surface area contributed by atoms with E-state index in [0.29, 0.717) is 0 Å². The van der Waals surface area contributed by atoms with Crippen molar-refractivity contribution in [2.24, 2.45) is 4.99 Å². The minimum Gasteiger partial charge on any atom is -0.382 e. The highest BCUT2D eigenvalue weighted by Gasteiger charge is 2.00. The molecule has 5 heteroatoms. The van der Waals surface area contributed by atoms with E-state index in [1.54, 1.807) is 0 Å². The Hall–Kier alpha value is -1.07. The Bertz CT molecular complexity index is 404. The molecule has 0 aliphatic carbocycles. The van der Waals surface area contributed by atoms with Gasteiger partial charge in [-0.15, -0.1) is 11.3 Å². The summed E-state index contributed by atoms with van der Waals surface area (Å²) in [6, 6.07) is 4.38. The third kappa shape index (κ3) is 8.07. The van der Waals surface area contributed by atoms with Gasteiger partial charge in [-0.05, 0) is 45.2 Å². The molecule has 0 amide bonds. The minimum atomic E-state index is 0.749. The van der Waals surface area contributed by atoms with Crippen molar-refractivity contribution in [3.63, 3.8) is 0 Å². The van der Waals surface area contributed by atoms with Crippen molar-refractivity contribution in [2.45, 2.75) is 46.6 Å². The van der Waals surface area contributed by atoms with Crippen LogP contribution in [0.25, 0.3) is 0 Å². The van der Waals surface area contributed by atoms with Crippen LogP contribution in [0.5, 0.6) is 0 Å². The monoisotopic (exact) mass is 311 g/mol. The number of aryl methyl sites for hydroxylation is 1. The highest BCUT2D eigenvalue weighted by Crippen LogP contribution is 2.17. The van der Waals surface area contributed by atoms with E-state index in [4.69, 9.17) is 4.74 Å². The van der Waals surface area contributed by atoms with Gasteiger partial charge in [-0.3, -0.25) is 0 Å². The van der Waals surface area contributed by atoms with Gasteiger partial charge >= 0.3 is 0 Å². The van der Waals surface area contributed by atoms with Gasteiger partial charge in [0, 0.05) is 36.1 Å². The van der Waals surface area contributed by atoms with E-state index in [0.717, 1.165) is 58.1 Å². The standard InChI is InChI=1S/C16H29N3OS/c1-4-14-9-10-15(21-14)13-19-16(17-5-2)18-11-7-8-12-20-6-3/h9-10H,4-8,11-13H2,1-3H3,(H2,17,18,19). The first kappa shape index (κ1) is 18.0. The van der Waals surface area contributed by atoms with Crippen LogP contribution in [-0.4, -0.2) is 32.3 Å². The van der Waals surface area contributed by atoms with Crippen LogP contribution in [0.1, 0.15) is 43.4 Å². The largest absolute Gasteiger partial charge is 0.382 e. The predicted molar refractivity (Wildman–Crippen MR) is 92.2 cm³/mol. The van der Waals surface area contributed by atoms with Crippen molar-refractivity contribution in [3.8, 4) is 0 Å². The number of aliphatic imine (C=N–C) groups is 1. The van der Waals surface area contributed by atoms with Crippen LogP contribution < -0.4 is 10.6 Å². The summed E-state index contributed by atoms with van der Waals surface area (Å²) in [4.78, 5) is 7.38. The lowest BCUT2D eigenvalue weighted by atomic mass is 10.3. The summed E-state index contributed by atoms with van der Waals surface area (Å²) in [6.07, 6.45) is 3.29. The molecule has 0 saturated carbocycles. The van der Waals surface area contributed by atoms with Crippen LogP contribution in [0, 0.1) is 0 Å². The number of hydrogen-bond donors (Lipinski definition) is 2. The summed E-state index contributed by atoms with van der Waals surface area (Å²) in [5, 5.41) is 6.66. The van der Waals surface area contributed by atoms with Crippen molar-refractivity contribution >= 4 is 17.3 Å². The fraction of sp³-hybridized carbons (Fsp3) is 0.688. The second-order valence-corrected chi connectivity index (χ2v) is 6.00. The van der Waals surface area contributed by atoms with Gasteiger partial charge in [0.15, 0.2) is 5.96 Å². The van der Waals surface area contributed by atoms with Gasteiger partial charge in [0.1, 0.15) is 0 Å². The topological polar surface area (TPSA) is 45.7 Å². The smallest absolute Gasteiger partial charge is 0.191 e. The number of nitrogens with zero attached hydrogens (tertiary/aromatic N) is 1. The number of nitrogens with one attached hydrogen (secondary N) is 2. The zero-order valence-electron chi connectivity index (χ0n) is 13.6. The number of thiophene rings is 1. The van der Waals surface area contributed by atoms with Crippen LogP contribution in [0.3, 0.4) is 0 Å². The molecule has 1 aromatic rings. The molecule has 0 aliphatic heterocycles. The molecular weight excluding hydrogens is 282 g/mol. The number of ether oxygens (including phenoxy) is 1. The number of rotatable bonds is 10. The molecule has 0 unspecified atom stereocenters. The lowest BCUT2D eigenvalue weighted by molar-refractivity contribution is 0.143. The van der Waals surface area contributed by atoms with E-state index in [1.165, 1.54) is 9.75 Å². The van der Waals surface area contributed by atoms with Crippen molar-refractivity contribution in [3.05, 3.63) is 21.9 Å². The van der Waals surface area contributed by atoms with Crippen LogP contribution in [0.15, 0.2) is 17.1 Å². The van der Waals surface area contributed by atoms with Crippen LogP contribution in [0.2, 0.25) is 0 Å². The minimum absolute atomic E-state index is 0.749. The second-order valence-electron chi connectivity index (χ2n) is 4.75. The van der Waals surface area contributed by atoms with E-state index in [1.807, 2.05) is 18.3 Å². The summed E-state index contributed by atoms with van der Waals surface area (Å²) < 4.78 is 5.33. The van der Waals surface area contributed by atoms with Gasteiger partial charge in [0.05, 0.1) is 6.54 Å². The SMILES string of the molecule is CCNC(=NCc1ccc(CC)s1)NCCCCOCC. The molecule has 0 atom stereocenters. The fourth-order valence-electron chi connectivity index (χ4n) is 1.88. The Balaban J connectivity index is 2.31. The quantitative estimate of drug-likeness (QED) is 0.396. The van der Waals surface area contributed by atoms with E-state index in [9.17, 15) is 0 Å². The first-order valence-electron chi connectivity index (χ1n) is 7.97. The lowest BCUT2D eigenvalue weighted by Gasteiger charge is -2.10. The summed E-state index contributed by atoms with van der Waals surface area (Å²) in [5.74, 6) is 0.903. The number of hydrogen-bond acceptors (Lipinski definition) is 3. The Morgan fingerprint density at radius 3 is 2.62 bits per heavy atom. The van der Waals surface area contributed by atoms with Crippen molar-refractivity contribution in [1.82, 2.24) is 10.6 Å². The van der Waals surface area contributed by atoms with Crippen molar-refractivity contribution < 1.29 is 4.74 Å². The fourth-order valence-corrected chi connectivity index (χ4v) is 2.76. The van der Waals surface area contributed by atoms with Gasteiger partial charge in [0.25, 0.3) is 0 Å².